The standard InChI is InChI=1S/C25H44N2O8S/c1-3-4-5-6-7-19(2)21-11-8-20(9-12-21)10-13-22(29)23(30)25(26,18-36(27,32)33)24(31)35-17-16-34-15-14-28/h8-9,11-12,19,22-23,28-30H,3-7,10,13-18,26H2,1-2H3,(H2,27,32,33). The smallest absolute Gasteiger partial charge is 0.330 e. The molecule has 208 valence electrons. The molecule has 4 atom stereocenters. The number of aliphatic hydroxyl groups is 3. The topological polar surface area (TPSA) is 182 Å². The van der Waals surface area contributed by atoms with Crippen LogP contribution in [0.4, 0.5) is 0 Å². The third-order valence-corrected chi connectivity index (χ3v) is 7.06. The lowest BCUT2D eigenvalue weighted by Crippen LogP contribution is -2.66. The molecule has 0 aliphatic carbocycles. The monoisotopic (exact) mass is 532 g/mol. The second-order valence-corrected chi connectivity index (χ2v) is 11.0. The van der Waals surface area contributed by atoms with Crippen molar-refractivity contribution >= 4 is 16.0 Å². The number of benzene rings is 1. The van der Waals surface area contributed by atoms with E-state index in [0.717, 1.165) is 12.0 Å². The minimum Gasteiger partial charge on any atom is -0.462 e. The van der Waals surface area contributed by atoms with Gasteiger partial charge in [-0.15, -0.1) is 0 Å². The van der Waals surface area contributed by atoms with Crippen LogP contribution < -0.4 is 10.9 Å². The molecule has 0 heterocycles. The number of hydrogen-bond donors (Lipinski definition) is 5. The second kappa shape index (κ2) is 16.3. The minimum absolute atomic E-state index is 0.0304. The molecule has 0 aliphatic rings. The van der Waals surface area contributed by atoms with Gasteiger partial charge in [0.1, 0.15) is 12.7 Å². The lowest BCUT2D eigenvalue weighted by atomic mass is 9.88. The van der Waals surface area contributed by atoms with Gasteiger partial charge in [0.05, 0.1) is 31.7 Å². The van der Waals surface area contributed by atoms with Crippen molar-refractivity contribution in [2.45, 2.75) is 82.5 Å². The fourth-order valence-corrected chi connectivity index (χ4v) is 4.92. The average molecular weight is 533 g/mol. The first-order valence-corrected chi connectivity index (χ1v) is 14.3. The van der Waals surface area contributed by atoms with Crippen LogP contribution in [0.5, 0.6) is 0 Å². The van der Waals surface area contributed by atoms with Gasteiger partial charge in [0, 0.05) is 0 Å². The number of hydrogen-bond acceptors (Lipinski definition) is 9. The van der Waals surface area contributed by atoms with Crippen molar-refractivity contribution in [3.63, 3.8) is 0 Å². The first kappa shape index (κ1) is 32.4. The fourth-order valence-electron chi connectivity index (χ4n) is 3.96. The van der Waals surface area contributed by atoms with E-state index in [9.17, 15) is 23.4 Å². The molecule has 0 aliphatic heterocycles. The Hall–Kier alpha value is -1.60. The van der Waals surface area contributed by atoms with Crippen LogP contribution in [0.2, 0.25) is 0 Å². The van der Waals surface area contributed by atoms with Gasteiger partial charge in [-0.1, -0.05) is 63.8 Å². The van der Waals surface area contributed by atoms with Crippen molar-refractivity contribution in [2.24, 2.45) is 10.9 Å². The Bertz CT molecular complexity index is 865. The van der Waals surface area contributed by atoms with E-state index in [-0.39, 0.29) is 32.8 Å². The number of aryl methyl sites for hydroxylation is 1. The highest BCUT2D eigenvalue weighted by Crippen LogP contribution is 2.24. The van der Waals surface area contributed by atoms with E-state index in [2.05, 4.69) is 13.8 Å². The average Bonchev–Trinajstić information content (AvgIpc) is 2.83. The lowest BCUT2D eigenvalue weighted by molar-refractivity contribution is -0.159. The predicted molar refractivity (Wildman–Crippen MR) is 138 cm³/mol. The van der Waals surface area contributed by atoms with Crippen LogP contribution in [0.15, 0.2) is 24.3 Å². The fraction of sp³-hybridized carbons (Fsp3) is 0.720. The molecule has 7 N–H and O–H groups in total. The Morgan fingerprint density at radius 2 is 1.72 bits per heavy atom. The van der Waals surface area contributed by atoms with E-state index in [0.29, 0.717) is 12.3 Å². The van der Waals surface area contributed by atoms with Gasteiger partial charge in [0.15, 0.2) is 5.54 Å². The van der Waals surface area contributed by atoms with Crippen LogP contribution in [0.1, 0.15) is 69.4 Å². The number of nitrogens with two attached hydrogens (primary N) is 2. The van der Waals surface area contributed by atoms with Gasteiger partial charge in [-0.3, -0.25) is 0 Å². The number of unbranched alkanes of at least 4 members (excludes halogenated alkanes) is 3. The van der Waals surface area contributed by atoms with E-state index in [4.69, 9.17) is 25.5 Å². The van der Waals surface area contributed by atoms with Crippen LogP contribution in [0.3, 0.4) is 0 Å². The number of aliphatic hydroxyl groups excluding tert-OH is 3. The molecule has 0 aromatic heterocycles. The van der Waals surface area contributed by atoms with E-state index in [1.165, 1.54) is 31.2 Å². The first-order valence-electron chi connectivity index (χ1n) is 12.5. The zero-order valence-electron chi connectivity index (χ0n) is 21.5. The third-order valence-electron chi connectivity index (χ3n) is 6.18. The van der Waals surface area contributed by atoms with E-state index in [1.54, 1.807) is 0 Å². The van der Waals surface area contributed by atoms with Crippen molar-refractivity contribution in [1.82, 2.24) is 0 Å². The molecule has 1 rings (SSSR count). The molecule has 1 aromatic carbocycles. The molecule has 0 amide bonds. The Balaban J connectivity index is 2.74. The maximum absolute atomic E-state index is 12.6. The number of rotatable bonds is 19. The summed E-state index contributed by atoms with van der Waals surface area (Å²) in [5, 5.41) is 35.0. The molecule has 0 spiro atoms. The first-order chi connectivity index (χ1) is 16.9. The minimum atomic E-state index is -4.30. The second-order valence-electron chi connectivity index (χ2n) is 9.36. The largest absolute Gasteiger partial charge is 0.462 e. The van der Waals surface area contributed by atoms with Gasteiger partial charge in [-0.25, -0.2) is 18.4 Å². The molecule has 0 bridgehead atoms. The summed E-state index contributed by atoms with van der Waals surface area (Å²) in [6.45, 7) is 3.85. The summed E-state index contributed by atoms with van der Waals surface area (Å²) >= 11 is 0. The van der Waals surface area contributed by atoms with Crippen molar-refractivity contribution in [3.8, 4) is 0 Å². The van der Waals surface area contributed by atoms with Crippen LogP contribution in [-0.2, 0) is 30.7 Å². The number of ether oxygens (including phenoxy) is 2. The predicted octanol–water partition coefficient (Wildman–Crippen LogP) is 0.953. The van der Waals surface area contributed by atoms with Gasteiger partial charge in [-0.05, 0) is 36.3 Å². The summed E-state index contributed by atoms with van der Waals surface area (Å²) in [5.74, 6) is -1.90. The van der Waals surface area contributed by atoms with E-state index in [1.807, 2.05) is 24.3 Å². The van der Waals surface area contributed by atoms with Gasteiger partial charge >= 0.3 is 5.97 Å². The summed E-state index contributed by atoms with van der Waals surface area (Å²) in [7, 11) is -4.30. The summed E-state index contributed by atoms with van der Waals surface area (Å²) in [5.41, 5.74) is 5.65. The van der Waals surface area contributed by atoms with Crippen molar-refractivity contribution in [3.05, 3.63) is 35.4 Å². The number of sulfonamides is 1. The molecule has 36 heavy (non-hydrogen) atoms. The number of carbonyl (C=O) groups excluding carboxylic acids is 1. The summed E-state index contributed by atoms with van der Waals surface area (Å²) in [4.78, 5) is 12.6. The van der Waals surface area contributed by atoms with Gasteiger partial charge in [0.25, 0.3) is 0 Å². The van der Waals surface area contributed by atoms with E-state index >= 15 is 0 Å². The normalized spacial score (nSPS) is 16.2. The van der Waals surface area contributed by atoms with Crippen LogP contribution in [-0.4, -0.2) is 79.6 Å². The Morgan fingerprint density at radius 1 is 1.06 bits per heavy atom. The Morgan fingerprint density at radius 3 is 2.31 bits per heavy atom. The molecule has 11 heteroatoms. The number of primary sulfonamides is 1. The molecule has 0 fully saturated rings. The SMILES string of the molecule is CCCCCCC(C)c1ccc(CCC(O)C(O)C(N)(CS(N)(=O)=O)C(=O)OCCOCCO)cc1. The Labute approximate surface area is 215 Å². The molecular weight excluding hydrogens is 488 g/mol. The highest BCUT2D eigenvalue weighted by molar-refractivity contribution is 7.89. The molecule has 0 saturated heterocycles. The number of esters is 1. The summed E-state index contributed by atoms with van der Waals surface area (Å²) in [6.07, 6.45) is 2.96. The van der Waals surface area contributed by atoms with Crippen molar-refractivity contribution in [2.75, 3.05) is 32.2 Å². The molecule has 10 nitrogen and oxygen atoms in total. The van der Waals surface area contributed by atoms with Crippen LogP contribution >= 0.6 is 0 Å². The Kier molecular flexibility index (Phi) is 14.7. The quantitative estimate of drug-likeness (QED) is 0.128. The van der Waals surface area contributed by atoms with Crippen molar-refractivity contribution in [1.29, 1.82) is 0 Å². The molecule has 4 unspecified atom stereocenters. The maximum atomic E-state index is 12.6. The van der Waals surface area contributed by atoms with Gasteiger partial charge in [0.2, 0.25) is 10.0 Å². The van der Waals surface area contributed by atoms with Crippen molar-refractivity contribution < 1.29 is 38.0 Å². The molecule has 1 aromatic rings. The third kappa shape index (κ3) is 11.6. The summed E-state index contributed by atoms with van der Waals surface area (Å²) in [6, 6.07) is 8.01. The maximum Gasteiger partial charge on any atom is 0.330 e. The lowest BCUT2D eigenvalue weighted by Gasteiger charge is -2.33. The van der Waals surface area contributed by atoms with Crippen LogP contribution in [0.25, 0.3) is 0 Å². The van der Waals surface area contributed by atoms with Gasteiger partial charge in [-0.2, -0.15) is 0 Å². The number of carbonyl (C=O) groups is 1. The van der Waals surface area contributed by atoms with Crippen LogP contribution in [0, 0.1) is 0 Å². The van der Waals surface area contributed by atoms with Gasteiger partial charge < -0.3 is 30.5 Å². The highest BCUT2D eigenvalue weighted by Gasteiger charge is 2.48. The highest BCUT2D eigenvalue weighted by atomic mass is 32.2. The molecular formula is C25H44N2O8S. The molecule has 0 radical (unpaired) electrons. The molecule has 0 saturated carbocycles. The zero-order chi connectivity index (χ0) is 27.2. The van der Waals surface area contributed by atoms with E-state index < -0.39 is 39.5 Å². The summed E-state index contributed by atoms with van der Waals surface area (Å²) < 4.78 is 33.3. The zero-order valence-corrected chi connectivity index (χ0v) is 22.3.